The average molecular weight is 413 g/mol. The number of nitrogens with zero attached hydrogens (tertiary/aromatic N) is 5. The molecular weight excluding hydrogens is 388 g/mol. The number of carbonyl (C=O) groups is 1. The minimum atomic E-state index is -0.140. The average Bonchev–Trinajstić information content (AvgIpc) is 3.46. The van der Waals surface area contributed by atoms with Crippen LogP contribution in [-0.4, -0.2) is 51.7 Å². The van der Waals surface area contributed by atoms with Crippen molar-refractivity contribution in [3.8, 4) is 11.0 Å². The number of nitrogens with one attached hydrogen (secondary N) is 1. The molecule has 0 saturated carbocycles. The van der Waals surface area contributed by atoms with Gasteiger partial charge in [0.05, 0.1) is 12.2 Å². The van der Waals surface area contributed by atoms with Crippen LogP contribution in [-0.2, 0) is 0 Å². The number of anilines is 1. The van der Waals surface area contributed by atoms with Crippen molar-refractivity contribution < 1.29 is 9.53 Å². The summed E-state index contributed by atoms with van der Waals surface area (Å²) in [6, 6.07) is 5.73. The van der Waals surface area contributed by atoms with Crippen LogP contribution in [0.5, 0.6) is 5.88 Å². The van der Waals surface area contributed by atoms with Crippen molar-refractivity contribution >= 4 is 23.1 Å². The fourth-order valence-electron chi connectivity index (χ4n) is 3.27. The third kappa shape index (κ3) is 4.56. The molecular formula is C20H24N6O2S. The van der Waals surface area contributed by atoms with Gasteiger partial charge >= 0.3 is 0 Å². The molecule has 1 aliphatic heterocycles. The van der Waals surface area contributed by atoms with Crippen LogP contribution in [0.1, 0.15) is 34.0 Å². The summed E-state index contributed by atoms with van der Waals surface area (Å²) < 4.78 is 7.65. The Morgan fingerprint density at radius 1 is 1.17 bits per heavy atom. The van der Waals surface area contributed by atoms with Crippen LogP contribution in [0.15, 0.2) is 30.6 Å². The maximum atomic E-state index is 12.5. The van der Waals surface area contributed by atoms with Crippen LogP contribution >= 0.6 is 11.3 Å². The smallest absolute Gasteiger partial charge is 0.263 e. The van der Waals surface area contributed by atoms with Gasteiger partial charge in [-0.1, -0.05) is 11.3 Å². The van der Waals surface area contributed by atoms with Gasteiger partial charge in [0, 0.05) is 31.5 Å². The summed E-state index contributed by atoms with van der Waals surface area (Å²) in [5, 5.41) is 3.67. The fourth-order valence-corrected chi connectivity index (χ4v) is 4.22. The summed E-state index contributed by atoms with van der Waals surface area (Å²) in [5.41, 5.74) is 0.721. The van der Waals surface area contributed by atoms with E-state index in [1.165, 1.54) is 24.2 Å². The lowest BCUT2D eigenvalue weighted by Gasteiger charge is -2.17. The minimum Gasteiger partial charge on any atom is -0.476 e. The summed E-state index contributed by atoms with van der Waals surface area (Å²) in [6.07, 6.45) is 6.20. The van der Waals surface area contributed by atoms with Crippen LogP contribution in [0.3, 0.4) is 0 Å². The predicted octanol–water partition coefficient (Wildman–Crippen LogP) is 2.75. The summed E-state index contributed by atoms with van der Waals surface area (Å²) in [7, 11) is 0. The topological polar surface area (TPSA) is 85.2 Å². The molecule has 0 aliphatic carbocycles. The van der Waals surface area contributed by atoms with Gasteiger partial charge < -0.3 is 19.5 Å². The first-order valence-electron chi connectivity index (χ1n) is 9.72. The lowest BCUT2D eigenvalue weighted by atomic mass is 10.4. The number of aryl methyl sites for hydroxylation is 2. The van der Waals surface area contributed by atoms with Crippen LogP contribution in [0.25, 0.3) is 5.13 Å². The minimum absolute atomic E-state index is 0.140. The maximum Gasteiger partial charge on any atom is 0.263 e. The monoisotopic (exact) mass is 412 g/mol. The summed E-state index contributed by atoms with van der Waals surface area (Å²) in [5.74, 6) is 1.99. The molecule has 0 aromatic carbocycles. The molecule has 1 fully saturated rings. The lowest BCUT2D eigenvalue weighted by Crippen LogP contribution is -2.28. The molecule has 0 unspecified atom stereocenters. The second-order valence-corrected chi connectivity index (χ2v) is 7.89. The van der Waals surface area contributed by atoms with Gasteiger partial charge in [0.2, 0.25) is 5.88 Å². The zero-order chi connectivity index (χ0) is 20.2. The predicted molar refractivity (Wildman–Crippen MR) is 112 cm³/mol. The van der Waals surface area contributed by atoms with Gasteiger partial charge in [0.25, 0.3) is 5.91 Å². The van der Waals surface area contributed by atoms with Gasteiger partial charge in [-0.3, -0.25) is 4.79 Å². The molecule has 152 valence electrons. The molecule has 3 aromatic rings. The number of ether oxygens (including phenoxy) is 1. The van der Waals surface area contributed by atoms with Gasteiger partial charge in [-0.25, -0.2) is 9.97 Å². The Labute approximate surface area is 173 Å². The van der Waals surface area contributed by atoms with Crippen molar-refractivity contribution in [1.29, 1.82) is 0 Å². The highest BCUT2D eigenvalue weighted by atomic mass is 32.1. The van der Waals surface area contributed by atoms with E-state index in [0.717, 1.165) is 29.7 Å². The molecule has 9 heteroatoms. The van der Waals surface area contributed by atoms with Crippen molar-refractivity contribution in [2.24, 2.45) is 0 Å². The molecule has 0 spiro atoms. The van der Waals surface area contributed by atoms with E-state index < -0.39 is 0 Å². The standard InChI is InChI=1S/C20H24N6O2S/c1-14-18(29-20(22-14)26-10-5-6-11-26)19(27)21-7-12-28-17-13-16(23-15(2)24-17)25-8-3-4-9-25/h5-6,10-11,13H,3-4,7-9,12H2,1-2H3,(H,21,27). The Morgan fingerprint density at radius 2 is 1.93 bits per heavy atom. The second kappa shape index (κ2) is 8.60. The number of amides is 1. The Morgan fingerprint density at radius 3 is 2.69 bits per heavy atom. The molecule has 1 saturated heterocycles. The second-order valence-electron chi connectivity index (χ2n) is 6.91. The molecule has 1 aliphatic rings. The molecule has 4 heterocycles. The SMILES string of the molecule is Cc1nc(OCCNC(=O)c2sc(-n3cccc3)nc2C)cc(N2CCCC2)n1. The quantitative estimate of drug-likeness (QED) is 0.601. The Bertz CT molecular complexity index is 979. The number of rotatable bonds is 7. The van der Waals surface area contributed by atoms with E-state index in [9.17, 15) is 4.79 Å². The molecule has 29 heavy (non-hydrogen) atoms. The van der Waals surface area contributed by atoms with Gasteiger partial charge in [-0.05, 0) is 38.8 Å². The summed E-state index contributed by atoms with van der Waals surface area (Å²) in [4.78, 5) is 28.7. The number of carbonyl (C=O) groups excluding carboxylic acids is 1. The molecule has 0 bridgehead atoms. The van der Waals surface area contributed by atoms with Crippen molar-refractivity contribution in [3.05, 3.63) is 47.0 Å². The number of thiazole rings is 1. The zero-order valence-corrected chi connectivity index (χ0v) is 17.4. The molecule has 1 N–H and O–H groups in total. The third-order valence-corrected chi connectivity index (χ3v) is 5.86. The first kappa shape index (κ1) is 19.4. The number of hydrogen-bond acceptors (Lipinski definition) is 7. The van der Waals surface area contributed by atoms with Gasteiger partial charge in [-0.15, -0.1) is 0 Å². The Hall–Kier alpha value is -2.94. The largest absolute Gasteiger partial charge is 0.476 e. The normalized spacial score (nSPS) is 13.7. The van der Waals surface area contributed by atoms with Crippen molar-refractivity contribution in [1.82, 2.24) is 24.8 Å². The summed E-state index contributed by atoms with van der Waals surface area (Å²) in [6.45, 7) is 6.47. The van der Waals surface area contributed by atoms with Crippen LogP contribution in [0.2, 0.25) is 0 Å². The van der Waals surface area contributed by atoms with Crippen molar-refractivity contribution in [2.45, 2.75) is 26.7 Å². The van der Waals surface area contributed by atoms with Gasteiger partial charge in [0.15, 0.2) is 5.13 Å². The molecule has 4 rings (SSSR count). The van der Waals surface area contributed by atoms with Gasteiger partial charge in [-0.2, -0.15) is 4.98 Å². The Balaban J connectivity index is 1.31. The maximum absolute atomic E-state index is 12.5. The first-order chi connectivity index (χ1) is 14.1. The van der Waals surface area contributed by atoms with Crippen LogP contribution < -0.4 is 15.0 Å². The van der Waals surface area contributed by atoms with Crippen LogP contribution in [0.4, 0.5) is 5.82 Å². The van der Waals surface area contributed by atoms with Crippen molar-refractivity contribution in [2.75, 3.05) is 31.1 Å². The lowest BCUT2D eigenvalue weighted by molar-refractivity contribution is 0.0950. The number of hydrogen-bond donors (Lipinski definition) is 1. The van der Waals surface area contributed by atoms with Crippen LogP contribution in [0, 0.1) is 13.8 Å². The van der Waals surface area contributed by atoms with E-state index in [0.29, 0.717) is 29.7 Å². The summed E-state index contributed by atoms with van der Waals surface area (Å²) >= 11 is 1.37. The molecule has 8 nitrogen and oxygen atoms in total. The van der Waals surface area contributed by atoms with E-state index in [2.05, 4.69) is 25.2 Å². The van der Waals surface area contributed by atoms with Gasteiger partial charge in [0.1, 0.15) is 23.1 Å². The molecule has 1 amide bonds. The zero-order valence-electron chi connectivity index (χ0n) is 16.6. The third-order valence-electron chi connectivity index (χ3n) is 4.69. The van der Waals surface area contributed by atoms with E-state index in [-0.39, 0.29) is 5.91 Å². The molecule has 0 atom stereocenters. The Kier molecular flexibility index (Phi) is 5.75. The fraction of sp³-hybridized carbons (Fsp3) is 0.400. The van der Waals surface area contributed by atoms with E-state index in [1.54, 1.807) is 0 Å². The van der Waals surface area contributed by atoms with Crippen molar-refractivity contribution in [3.63, 3.8) is 0 Å². The highest BCUT2D eigenvalue weighted by Crippen LogP contribution is 2.22. The first-order valence-corrected chi connectivity index (χ1v) is 10.5. The highest BCUT2D eigenvalue weighted by Gasteiger charge is 2.17. The molecule has 3 aromatic heterocycles. The van der Waals surface area contributed by atoms with E-state index >= 15 is 0 Å². The van der Waals surface area contributed by atoms with E-state index in [1.807, 2.05) is 49.0 Å². The van der Waals surface area contributed by atoms with E-state index in [4.69, 9.17) is 4.74 Å². The molecule has 0 radical (unpaired) electrons. The highest BCUT2D eigenvalue weighted by molar-refractivity contribution is 7.16. The number of aromatic nitrogens is 4.